The van der Waals surface area contributed by atoms with Gasteiger partial charge in [0, 0.05) is 18.4 Å². The van der Waals surface area contributed by atoms with E-state index in [0.29, 0.717) is 5.02 Å². The van der Waals surface area contributed by atoms with Gasteiger partial charge in [0.15, 0.2) is 0 Å². The molecule has 0 saturated heterocycles. The van der Waals surface area contributed by atoms with Gasteiger partial charge in [-0.2, -0.15) is 0 Å². The molecule has 0 spiro atoms. The summed E-state index contributed by atoms with van der Waals surface area (Å²) in [6.45, 7) is 0. The van der Waals surface area contributed by atoms with Crippen LogP contribution in [-0.4, -0.2) is 12.0 Å². The van der Waals surface area contributed by atoms with Gasteiger partial charge >= 0.3 is 0 Å². The van der Waals surface area contributed by atoms with Crippen molar-refractivity contribution >= 4 is 11.6 Å². The molecule has 18 heavy (non-hydrogen) atoms. The Balaban J connectivity index is 2.20. The molecule has 0 amide bonds. The van der Waals surface area contributed by atoms with Crippen LogP contribution in [0.3, 0.4) is 0 Å². The molecule has 0 bridgehead atoms. The molecule has 0 aliphatic rings. The number of halogens is 2. The highest BCUT2D eigenvalue weighted by molar-refractivity contribution is 6.31. The van der Waals surface area contributed by atoms with Crippen LogP contribution in [0, 0.1) is 5.82 Å². The van der Waals surface area contributed by atoms with Gasteiger partial charge in [0.05, 0.1) is 5.02 Å². The zero-order valence-electron chi connectivity index (χ0n) is 10.0. The van der Waals surface area contributed by atoms with Crippen LogP contribution in [0.4, 0.5) is 4.39 Å². The Kier molecular flexibility index (Phi) is 4.28. The Bertz CT molecular complexity index is 513. The van der Waals surface area contributed by atoms with Crippen LogP contribution in [0.2, 0.25) is 5.02 Å². The predicted octanol–water partition coefficient (Wildman–Crippen LogP) is 3.38. The number of likely N-dealkylation sites (N-methyl/N-ethyl adjacent to an activating group) is 1. The van der Waals surface area contributed by atoms with E-state index in [1.165, 1.54) is 12.1 Å². The van der Waals surface area contributed by atoms with Crippen LogP contribution < -0.4 is 5.32 Å². The molecule has 0 aliphatic heterocycles. The Morgan fingerprint density at radius 1 is 1.28 bits per heavy atom. The number of hydrogen-bond acceptors (Lipinski definition) is 2. The molecule has 94 valence electrons. The van der Waals surface area contributed by atoms with Crippen LogP contribution in [-0.2, 0) is 6.42 Å². The fourth-order valence-corrected chi connectivity index (χ4v) is 2.14. The molecule has 1 unspecified atom stereocenters. The van der Waals surface area contributed by atoms with E-state index in [0.717, 1.165) is 17.5 Å². The predicted molar refractivity (Wildman–Crippen MR) is 71.2 cm³/mol. The summed E-state index contributed by atoms with van der Waals surface area (Å²) in [5, 5.41) is 3.85. The average molecular weight is 265 g/mol. The molecular weight excluding hydrogens is 251 g/mol. The summed E-state index contributed by atoms with van der Waals surface area (Å²) in [5.41, 5.74) is 2.06. The van der Waals surface area contributed by atoms with Gasteiger partial charge in [0.1, 0.15) is 5.82 Å². The van der Waals surface area contributed by atoms with Crippen LogP contribution in [0.15, 0.2) is 42.7 Å². The quantitative estimate of drug-likeness (QED) is 0.916. The van der Waals surface area contributed by atoms with Crippen molar-refractivity contribution in [3.8, 4) is 0 Å². The van der Waals surface area contributed by atoms with Crippen molar-refractivity contribution < 1.29 is 4.39 Å². The van der Waals surface area contributed by atoms with Crippen LogP contribution in [0.1, 0.15) is 17.2 Å². The van der Waals surface area contributed by atoms with Gasteiger partial charge in [-0.25, -0.2) is 4.39 Å². The second-order valence-electron chi connectivity index (χ2n) is 4.07. The summed E-state index contributed by atoms with van der Waals surface area (Å²) in [7, 11) is 1.88. The van der Waals surface area contributed by atoms with Crippen molar-refractivity contribution in [1.82, 2.24) is 10.3 Å². The fourth-order valence-electron chi connectivity index (χ4n) is 1.89. The number of rotatable bonds is 4. The molecule has 0 fully saturated rings. The molecule has 1 heterocycles. The summed E-state index contributed by atoms with van der Waals surface area (Å²) in [6.07, 6.45) is 4.10. The molecule has 1 N–H and O–H groups in total. The first-order chi connectivity index (χ1) is 8.70. The Morgan fingerprint density at radius 2 is 2.00 bits per heavy atom. The first-order valence-electron chi connectivity index (χ1n) is 5.72. The van der Waals surface area contributed by atoms with Crippen LogP contribution in [0.25, 0.3) is 0 Å². The van der Waals surface area contributed by atoms with Crippen molar-refractivity contribution in [1.29, 1.82) is 0 Å². The number of benzene rings is 1. The molecule has 0 aliphatic carbocycles. The van der Waals surface area contributed by atoms with Crippen LogP contribution in [0.5, 0.6) is 0 Å². The van der Waals surface area contributed by atoms with Gasteiger partial charge in [-0.05, 0) is 42.8 Å². The van der Waals surface area contributed by atoms with Crippen molar-refractivity contribution in [2.45, 2.75) is 12.5 Å². The van der Waals surface area contributed by atoms with Gasteiger partial charge < -0.3 is 5.32 Å². The Morgan fingerprint density at radius 3 is 2.61 bits per heavy atom. The molecular formula is C14H14ClFN2. The summed E-state index contributed by atoms with van der Waals surface area (Å²) >= 11 is 6.13. The first kappa shape index (κ1) is 13.0. The lowest BCUT2D eigenvalue weighted by Gasteiger charge is -2.17. The van der Waals surface area contributed by atoms with Crippen molar-refractivity contribution in [3.63, 3.8) is 0 Å². The van der Waals surface area contributed by atoms with E-state index in [1.807, 2.05) is 13.1 Å². The van der Waals surface area contributed by atoms with Gasteiger partial charge in [-0.1, -0.05) is 23.7 Å². The first-order valence-corrected chi connectivity index (χ1v) is 6.09. The zero-order chi connectivity index (χ0) is 13.0. The smallest absolute Gasteiger partial charge is 0.123 e. The minimum Gasteiger partial charge on any atom is -0.313 e. The third-order valence-corrected chi connectivity index (χ3v) is 3.20. The number of hydrogen-bond donors (Lipinski definition) is 1. The molecule has 2 aromatic rings. The molecule has 2 nitrogen and oxygen atoms in total. The Labute approximate surface area is 111 Å². The lowest BCUT2D eigenvalue weighted by molar-refractivity contribution is 0.588. The number of nitrogens with one attached hydrogen (secondary N) is 1. The van der Waals surface area contributed by atoms with E-state index in [-0.39, 0.29) is 11.9 Å². The SMILES string of the molecule is CNC(Cc1ccc(F)cc1)c1ccncc1Cl. The van der Waals surface area contributed by atoms with E-state index < -0.39 is 0 Å². The average Bonchev–Trinajstić information content (AvgIpc) is 2.39. The molecule has 0 saturated carbocycles. The molecule has 1 aromatic carbocycles. The maximum atomic E-state index is 12.8. The topological polar surface area (TPSA) is 24.9 Å². The lowest BCUT2D eigenvalue weighted by Crippen LogP contribution is -2.19. The third-order valence-electron chi connectivity index (χ3n) is 2.88. The van der Waals surface area contributed by atoms with E-state index in [2.05, 4.69) is 10.3 Å². The minimum absolute atomic E-state index is 0.0889. The molecule has 0 radical (unpaired) electrons. The van der Waals surface area contributed by atoms with E-state index in [4.69, 9.17) is 11.6 Å². The maximum absolute atomic E-state index is 12.8. The second-order valence-corrected chi connectivity index (χ2v) is 4.48. The highest BCUT2D eigenvalue weighted by Gasteiger charge is 2.13. The van der Waals surface area contributed by atoms with Crippen molar-refractivity contribution in [2.24, 2.45) is 0 Å². The third kappa shape index (κ3) is 3.06. The summed E-state index contributed by atoms with van der Waals surface area (Å²) < 4.78 is 12.8. The second kappa shape index (κ2) is 5.94. The number of nitrogens with zero attached hydrogens (tertiary/aromatic N) is 1. The zero-order valence-corrected chi connectivity index (χ0v) is 10.8. The van der Waals surface area contributed by atoms with Gasteiger partial charge in [-0.15, -0.1) is 0 Å². The summed E-state index contributed by atoms with van der Waals surface area (Å²) in [5.74, 6) is -0.221. The van der Waals surface area contributed by atoms with Crippen molar-refractivity contribution in [3.05, 3.63) is 64.7 Å². The lowest BCUT2D eigenvalue weighted by atomic mass is 10.00. The highest BCUT2D eigenvalue weighted by Crippen LogP contribution is 2.24. The number of pyridine rings is 1. The number of aromatic nitrogens is 1. The maximum Gasteiger partial charge on any atom is 0.123 e. The van der Waals surface area contributed by atoms with Gasteiger partial charge in [0.25, 0.3) is 0 Å². The monoisotopic (exact) mass is 264 g/mol. The minimum atomic E-state index is -0.221. The van der Waals surface area contributed by atoms with Crippen molar-refractivity contribution in [2.75, 3.05) is 7.05 Å². The largest absolute Gasteiger partial charge is 0.313 e. The molecule has 1 aromatic heterocycles. The normalized spacial score (nSPS) is 12.4. The Hall–Kier alpha value is -1.45. The highest BCUT2D eigenvalue weighted by atomic mass is 35.5. The van der Waals surface area contributed by atoms with Gasteiger partial charge in [-0.3, -0.25) is 4.98 Å². The standard InChI is InChI=1S/C14H14ClFN2/c1-17-14(12-6-7-18-9-13(12)15)8-10-2-4-11(16)5-3-10/h2-7,9,14,17H,8H2,1H3. The van der Waals surface area contributed by atoms with E-state index in [1.54, 1.807) is 24.5 Å². The fraction of sp³-hybridized carbons (Fsp3) is 0.214. The molecule has 2 rings (SSSR count). The summed E-state index contributed by atoms with van der Waals surface area (Å²) in [6, 6.07) is 8.49. The molecule has 4 heteroatoms. The van der Waals surface area contributed by atoms with Crippen LogP contribution >= 0.6 is 11.6 Å². The summed E-state index contributed by atoms with van der Waals surface area (Å²) in [4.78, 5) is 3.97. The van der Waals surface area contributed by atoms with E-state index >= 15 is 0 Å². The molecule has 1 atom stereocenters. The van der Waals surface area contributed by atoms with Gasteiger partial charge in [0.2, 0.25) is 0 Å². The van der Waals surface area contributed by atoms with E-state index in [9.17, 15) is 4.39 Å².